The van der Waals surface area contributed by atoms with Crippen molar-refractivity contribution in [2.75, 3.05) is 36.8 Å². The summed E-state index contributed by atoms with van der Waals surface area (Å²) in [5.41, 5.74) is 10.8. The van der Waals surface area contributed by atoms with E-state index >= 15 is 0 Å². The largest absolute Gasteiger partial charge is 0.368 e. The lowest BCUT2D eigenvalue weighted by atomic mass is 10.1. The number of thiazole rings is 1. The van der Waals surface area contributed by atoms with Crippen LogP contribution >= 0.6 is 11.3 Å². The number of benzene rings is 1. The first-order valence-electron chi connectivity index (χ1n) is 9.05. The second-order valence-corrected chi connectivity index (χ2v) is 7.60. The van der Waals surface area contributed by atoms with Gasteiger partial charge in [0.2, 0.25) is 11.9 Å². The minimum atomic E-state index is 0.205. The Bertz CT molecular complexity index is 946. The fraction of sp³-hybridized carbons (Fsp3) is 0.368. The third-order valence-corrected chi connectivity index (χ3v) is 5.60. The molecule has 1 aromatic carbocycles. The number of piperazine rings is 1. The van der Waals surface area contributed by atoms with E-state index in [1.807, 2.05) is 4.90 Å². The Kier molecular flexibility index (Phi) is 4.89. The molecule has 4 rings (SSSR count). The third-order valence-electron chi connectivity index (χ3n) is 4.88. The first-order valence-corrected chi connectivity index (χ1v) is 9.93. The van der Waals surface area contributed by atoms with Gasteiger partial charge in [-0.3, -0.25) is 4.79 Å². The lowest BCUT2D eigenvalue weighted by Crippen LogP contribution is -2.49. The summed E-state index contributed by atoms with van der Waals surface area (Å²) in [6.45, 7) is 4.88. The summed E-state index contributed by atoms with van der Waals surface area (Å²) in [7, 11) is 0. The molecule has 1 aliphatic rings. The molecule has 7 nitrogen and oxygen atoms in total. The Morgan fingerprint density at radius 3 is 2.63 bits per heavy atom. The molecule has 27 heavy (non-hydrogen) atoms. The summed E-state index contributed by atoms with van der Waals surface area (Å²) in [5.74, 6) is 1.24. The van der Waals surface area contributed by atoms with Gasteiger partial charge in [0.15, 0.2) is 10.6 Å². The van der Waals surface area contributed by atoms with Crippen molar-refractivity contribution in [3.8, 4) is 0 Å². The van der Waals surface area contributed by atoms with Crippen LogP contribution in [0.1, 0.15) is 17.5 Å². The topological polar surface area (TPSA) is 88.2 Å². The molecule has 3 aromatic rings. The molecule has 0 saturated carbocycles. The van der Waals surface area contributed by atoms with Crippen LogP contribution in [-0.2, 0) is 11.2 Å². The molecule has 0 spiro atoms. The number of fused-ring (bicyclic) bond motifs is 1. The second-order valence-electron chi connectivity index (χ2n) is 6.76. The lowest BCUT2D eigenvalue weighted by molar-refractivity contribution is -0.131. The fourth-order valence-electron chi connectivity index (χ4n) is 3.32. The fourth-order valence-corrected chi connectivity index (χ4v) is 3.98. The van der Waals surface area contributed by atoms with Gasteiger partial charge in [-0.15, -0.1) is 11.3 Å². The first kappa shape index (κ1) is 17.7. The molecule has 140 valence electrons. The molecule has 0 bridgehead atoms. The van der Waals surface area contributed by atoms with E-state index < -0.39 is 0 Å². The van der Waals surface area contributed by atoms with Gasteiger partial charge < -0.3 is 15.5 Å². The van der Waals surface area contributed by atoms with Gasteiger partial charge in [-0.25, -0.2) is 9.97 Å². The van der Waals surface area contributed by atoms with Gasteiger partial charge in [-0.2, -0.15) is 4.98 Å². The number of hydrogen-bond acceptors (Lipinski definition) is 7. The smallest absolute Gasteiger partial charge is 0.223 e. The van der Waals surface area contributed by atoms with E-state index in [1.165, 1.54) is 22.5 Å². The van der Waals surface area contributed by atoms with Gasteiger partial charge in [-0.05, 0) is 18.9 Å². The molecule has 0 unspecified atom stereocenters. The van der Waals surface area contributed by atoms with Crippen molar-refractivity contribution in [2.24, 2.45) is 0 Å². The normalized spacial score (nSPS) is 14.7. The second kappa shape index (κ2) is 7.48. The zero-order chi connectivity index (χ0) is 18.8. The number of rotatable bonds is 4. The van der Waals surface area contributed by atoms with Crippen LogP contribution in [0.15, 0.2) is 29.8 Å². The van der Waals surface area contributed by atoms with Crippen molar-refractivity contribution in [2.45, 2.75) is 19.8 Å². The number of amides is 1. The molecule has 8 heteroatoms. The Hall–Kier alpha value is -2.74. The molecule has 1 aliphatic heterocycles. The number of nitrogens with two attached hydrogens (primary N) is 1. The Labute approximate surface area is 161 Å². The predicted octanol–water partition coefficient (Wildman–Crippen LogP) is 2.26. The first-order chi connectivity index (χ1) is 13.1. The number of aryl methyl sites for hydroxylation is 2. The SMILES string of the molecule is Cc1ccc(CCC(=O)N2CCN(c3nc(N)nc4scnc34)CC2)cc1. The number of nitrogen functional groups attached to an aromatic ring is 1. The van der Waals surface area contributed by atoms with Crippen LogP contribution in [0.5, 0.6) is 0 Å². The lowest BCUT2D eigenvalue weighted by Gasteiger charge is -2.35. The van der Waals surface area contributed by atoms with E-state index in [9.17, 15) is 4.79 Å². The molecule has 0 aliphatic carbocycles. The van der Waals surface area contributed by atoms with Crippen LogP contribution in [0.4, 0.5) is 11.8 Å². The molecule has 0 radical (unpaired) electrons. The number of anilines is 2. The third kappa shape index (κ3) is 3.85. The van der Waals surface area contributed by atoms with Gasteiger partial charge >= 0.3 is 0 Å². The van der Waals surface area contributed by atoms with Crippen LogP contribution in [0.2, 0.25) is 0 Å². The minimum Gasteiger partial charge on any atom is -0.368 e. The number of hydrogen-bond donors (Lipinski definition) is 1. The van der Waals surface area contributed by atoms with Crippen LogP contribution < -0.4 is 10.6 Å². The van der Waals surface area contributed by atoms with Crippen LogP contribution in [-0.4, -0.2) is 51.9 Å². The molecule has 0 atom stereocenters. The van der Waals surface area contributed by atoms with Crippen LogP contribution in [0.3, 0.4) is 0 Å². The summed E-state index contributed by atoms with van der Waals surface area (Å²) >= 11 is 1.46. The number of carbonyl (C=O) groups excluding carboxylic acids is 1. The number of carbonyl (C=O) groups is 1. The molecule has 1 saturated heterocycles. The van der Waals surface area contributed by atoms with Crippen molar-refractivity contribution in [1.82, 2.24) is 19.9 Å². The van der Waals surface area contributed by atoms with Gasteiger partial charge in [-0.1, -0.05) is 29.8 Å². The maximum atomic E-state index is 12.6. The highest BCUT2D eigenvalue weighted by Crippen LogP contribution is 2.26. The molecule has 2 N–H and O–H groups in total. The minimum absolute atomic E-state index is 0.205. The van der Waals surface area contributed by atoms with Crippen molar-refractivity contribution in [3.63, 3.8) is 0 Å². The highest BCUT2D eigenvalue weighted by molar-refractivity contribution is 7.16. The van der Waals surface area contributed by atoms with E-state index in [-0.39, 0.29) is 11.9 Å². The Morgan fingerprint density at radius 2 is 1.89 bits per heavy atom. The zero-order valence-corrected chi connectivity index (χ0v) is 16.1. The van der Waals surface area contributed by atoms with Crippen molar-refractivity contribution < 1.29 is 4.79 Å². The summed E-state index contributed by atoms with van der Waals surface area (Å²) in [4.78, 5) is 30.4. The summed E-state index contributed by atoms with van der Waals surface area (Å²) in [6, 6.07) is 8.37. The molecule has 1 fully saturated rings. The van der Waals surface area contributed by atoms with E-state index in [2.05, 4.69) is 51.0 Å². The van der Waals surface area contributed by atoms with Crippen molar-refractivity contribution in [3.05, 3.63) is 40.9 Å². The predicted molar refractivity (Wildman–Crippen MR) is 108 cm³/mol. The van der Waals surface area contributed by atoms with Crippen LogP contribution in [0, 0.1) is 6.92 Å². The molecular weight excluding hydrogens is 360 g/mol. The van der Waals surface area contributed by atoms with Crippen LogP contribution in [0.25, 0.3) is 10.3 Å². The Balaban J connectivity index is 1.36. The molecular formula is C19H22N6OS. The number of aromatic nitrogens is 3. The standard InChI is InChI=1S/C19H22N6OS/c1-13-2-4-14(5-3-13)6-7-15(26)24-8-10-25(11-9-24)17-16-18(27-12-21-16)23-19(20)22-17/h2-5,12H,6-11H2,1H3,(H2,20,22,23). The monoisotopic (exact) mass is 382 g/mol. The highest BCUT2D eigenvalue weighted by atomic mass is 32.1. The molecule has 3 heterocycles. The average molecular weight is 382 g/mol. The van der Waals surface area contributed by atoms with Gasteiger partial charge in [0, 0.05) is 32.6 Å². The molecule has 2 aromatic heterocycles. The van der Waals surface area contributed by atoms with E-state index in [1.54, 1.807) is 5.51 Å². The van der Waals surface area contributed by atoms with Gasteiger partial charge in [0.05, 0.1) is 5.51 Å². The Morgan fingerprint density at radius 1 is 1.15 bits per heavy atom. The highest BCUT2D eigenvalue weighted by Gasteiger charge is 2.24. The zero-order valence-electron chi connectivity index (χ0n) is 15.3. The maximum Gasteiger partial charge on any atom is 0.223 e. The van der Waals surface area contributed by atoms with E-state index in [0.29, 0.717) is 19.5 Å². The average Bonchev–Trinajstić information content (AvgIpc) is 3.15. The van der Waals surface area contributed by atoms with Gasteiger partial charge in [0.1, 0.15) is 5.52 Å². The van der Waals surface area contributed by atoms with Crippen molar-refractivity contribution >= 4 is 39.4 Å². The van der Waals surface area contributed by atoms with Gasteiger partial charge in [0.25, 0.3) is 0 Å². The van der Waals surface area contributed by atoms with Crippen molar-refractivity contribution in [1.29, 1.82) is 0 Å². The maximum absolute atomic E-state index is 12.6. The summed E-state index contributed by atoms with van der Waals surface area (Å²) in [6.07, 6.45) is 1.32. The van der Waals surface area contributed by atoms with E-state index in [4.69, 9.17) is 5.73 Å². The summed E-state index contributed by atoms with van der Waals surface area (Å²) < 4.78 is 0. The summed E-state index contributed by atoms with van der Waals surface area (Å²) in [5, 5.41) is 0. The molecule has 1 amide bonds. The van der Waals surface area contributed by atoms with E-state index in [0.717, 1.165) is 35.7 Å². The quantitative estimate of drug-likeness (QED) is 0.745. The number of nitrogens with zero attached hydrogens (tertiary/aromatic N) is 5.